The summed E-state index contributed by atoms with van der Waals surface area (Å²) in [6, 6.07) is 2.12. The van der Waals surface area contributed by atoms with Gasteiger partial charge in [0.25, 0.3) is 5.91 Å². The fraction of sp³-hybridized carbons (Fsp3) is 0.667. The first kappa shape index (κ1) is 14.4. The smallest absolute Gasteiger partial charge is 0.263 e. The summed E-state index contributed by atoms with van der Waals surface area (Å²) in [6.45, 7) is 1.92. The number of hydrogen-bond acceptors (Lipinski definition) is 4. The van der Waals surface area contributed by atoms with Gasteiger partial charge in [-0.2, -0.15) is 11.8 Å². The van der Waals surface area contributed by atoms with Crippen molar-refractivity contribution in [3.63, 3.8) is 0 Å². The second-order valence-corrected chi connectivity index (χ2v) is 7.88. The summed E-state index contributed by atoms with van der Waals surface area (Å²) in [5.74, 6) is 2.93. The number of aryl methyl sites for hydroxylation is 1. The molecule has 0 aliphatic carbocycles. The minimum absolute atomic E-state index is 0.206. The van der Waals surface area contributed by atoms with E-state index < -0.39 is 0 Å². The molecule has 2 aliphatic rings. The molecule has 1 aromatic rings. The lowest BCUT2D eigenvalue weighted by Gasteiger charge is -2.32. The molecule has 1 fully saturated rings. The van der Waals surface area contributed by atoms with E-state index in [-0.39, 0.29) is 12.5 Å². The van der Waals surface area contributed by atoms with Gasteiger partial charge < -0.3 is 10.0 Å². The molecule has 0 spiro atoms. The van der Waals surface area contributed by atoms with Gasteiger partial charge in [0.05, 0.1) is 4.88 Å². The summed E-state index contributed by atoms with van der Waals surface area (Å²) >= 11 is 3.66. The predicted molar refractivity (Wildman–Crippen MR) is 84.5 cm³/mol. The van der Waals surface area contributed by atoms with E-state index in [1.807, 2.05) is 16.7 Å². The number of aliphatic hydroxyl groups is 1. The highest BCUT2D eigenvalue weighted by atomic mass is 32.2. The number of thioether (sulfide) groups is 1. The minimum Gasteiger partial charge on any atom is -0.396 e. The van der Waals surface area contributed by atoms with E-state index in [4.69, 9.17) is 5.11 Å². The Balaban J connectivity index is 1.70. The van der Waals surface area contributed by atoms with Gasteiger partial charge in [-0.25, -0.2) is 0 Å². The van der Waals surface area contributed by atoms with Crippen LogP contribution in [0.3, 0.4) is 0 Å². The van der Waals surface area contributed by atoms with Crippen molar-refractivity contribution in [2.24, 2.45) is 5.92 Å². The average Bonchev–Trinajstić information content (AvgIpc) is 2.91. The Morgan fingerprint density at radius 3 is 3.20 bits per heavy atom. The highest BCUT2D eigenvalue weighted by Gasteiger charge is 2.26. The zero-order valence-corrected chi connectivity index (χ0v) is 13.3. The van der Waals surface area contributed by atoms with Crippen LogP contribution in [-0.4, -0.2) is 41.4 Å². The molecule has 1 amide bonds. The fourth-order valence-corrected chi connectivity index (χ4v) is 5.42. The van der Waals surface area contributed by atoms with Gasteiger partial charge >= 0.3 is 0 Å². The standard InChI is InChI=1S/C15H21NO2S2/c17-6-3-11-2-1-5-16(9-11)15(18)14-8-12-10-19-7-4-13(12)20-14/h8,11,17H,1-7,9-10H2. The number of piperidine rings is 1. The largest absolute Gasteiger partial charge is 0.396 e. The summed E-state index contributed by atoms with van der Waals surface area (Å²) in [4.78, 5) is 17.0. The van der Waals surface area contributed by atoms with E-state index in [1.54, 1.807) is 11.3 Å². The van der Waals surface area contributed by atoms with Crippen molar-refractivity contribution in [3.05, 3.63) is 21.4 Å². The van der Waals surface area contributed by atoms with E-state index in [9.17, 15) is 4.79 Å². The summed E-state index contributed by atoms with van der Waals surface area (Å²) in [5.41, 5.74) is 1.37. The predicted octanol–water partition coefficient (Wildman–Crippen LogP) is 2.77. The molecular formula is C15H21NO2S2. The maximum absolute atomic E-state index is 12.6. The zero-order valence-electron chi connectivity index (χ0n) is 11.6. The highest BCUT2D eigenvalue weighted by Crippen LogP contribution is 2.33. The Hall–Kier alpha value is -0.520. The van der Waals surface area contributed by atoms with Gasteiger partial charge in [0, 0.05) is 30.3 Å². The van der Waals surface area contributed by atoms with Gasteiger partial charge in [-0.3, -0.25) is 4.79 Å². The highest BCUT2D eigenvalue weighted by molar-refractivity contribution is 7.98. The lowest BCUT2D eigenvalue weighted by atomic mass is 9.95. The number of carbonyl (C=O) groups is 1. The number of aliphatic hydroxyl groups excluding tert-OH is 1. The van der Waals surface area contributed by atoms with E-state index in [0.29, 0.717) is 5.92 Å². The van der Waals surface area contributed by atoms with Gasteiger partial charge in [-0.1, -0.05) is 0 Å². The topological polar surface area (TPSA) is 40.5 Å². The maximum atomic E-state index is 12.6. The van der Waals surface area contributed by atoms with Crippen LogP contribution in [0, 0.1) is 5.92 Å². The molecule has 1 unspecified atom stereocenters. The van der Waals surface area contributed by atoms with Gasteiger partial charge in [-0.05, 0) is 49.0 Å². The van der Waals surface area contributed by atoms with Crippen molar-refractivity contribution < 1.29 is 9.90 Å². The van der Waals surface area contributed by atoms with Crippen LogP contribution in [-0.2, 0) is 12.2 Å². The molecule has 0 bridgehead atoms. The van der Waals surface area contributed by atoms with Crippen LogP contribution in [0.1, 0.15) is 39.4 Å². The maximum Gasteiger partial charge on any atom is 0.263 e. The van der Waals surface area contributed by atoms with Crippen LogP contribution < -0.4 is 0 Å². The van der Waals surface area contributed by atoms with E-state index in [2.05, 4.69) is 6.07 Å². The molecule has 2 aliphatic heterocycles. The molecule has 1 aromatic heterocycles. The number of amides is 1. The third-order valence-electron chi connectivity index (χ3n) is 4.18. The molecular weight excluding hydrogens is 290 g/mol. The Morgan fingerprint density at radius 2 is 2.40 bits per heavy atom. The molecule has 1 saturated heterocycles. The number of carbonyl (C=O) groups excluding carboxylic acids is 1. The van der Waals surface area contributed by atoms with Crippen LogP contribution in [0.5, 0.6) is 0 Å². The van der Waals surface area contributed by atoms with E-state index >= 15 is 0 Å². The Bertz CT molecular complexity index is 461. The van der Waals surface area contributed by atoms with E-state index in [0.717, 1.165) is 49.4 Å². The third kappa shape index (κ3) is 3.05. The first-order valence-corrected chi connectivity index (χ1v) is 9.34. The van der Waals surface area contributed by atoms with Crippen LogP contribution in [0.25, 0.3) is 0 Å². The van der Waals surface area contributed by atoms with Crippen molar-refractivity contribution >= 4 is 29.0 Å². The fourth-order valence-electron chi connectivity index (χ4n) is 3.08. The van der Waals surface area contributed by atoms with Crippen molar-refractivity contribution in [3.8, 4) is 0 Å². The van der Waals surface area contributed by atoms with Crippen LogP contribution in [0.2, 0.25) is 0 Å². The van der Waals surface area contributed by atoms with Gasteiger partial charge in [-0.15, -0.1) is 11.3 Å². The summed E-state index contributed by atoms with van der Waals surface area (Å²) in [5, 5.41) is 9.07. The Kier molecular flexibility index (Phi) is 4.68. The quantitative estimate of drug-likeness (QED) is 0.933. The number of hydrogen-bond donors (Lipinski definition) is 1. The molecule has 1 atom stereocenters. The second-order valence-electron chi connectivity index (χ2n) is 5.63. The monoisotopic (exact) mass is 311 g/mol. The molecule has 5 heteroatoms. The van der Waals surface area contributed by atoms with Crippen molar-refractivity contribution in [1.82, 2.24) is 4.90 Å². The number of nitrogens with zero attached hydrogens (tertiary/aromatic N) is 1. The molecule has 1 N–H and O–H groups in total. The second kappa shape index (κ2) is 6.50. The molecule has 0 saturated carbocycles. The van der Waals surface area contributed by atoms with Crippen LogP contribution in [0.15, 0.2) is 6.07 Å². The van der Waals surface area contributed by atoms with Crippen molar-refractivity contribution in [1.29, 1.82) is 0 Å². The lowest BCUT2D eigenvalue weighted by Crippen LogP contribution is -2.39. The average molecular weight is 311 g/mol. The minimum atomic E-state index is 0.206. The van der Waals surface area contributed by atoms with Gasteiger partial charge in [0.15, 0.2) is 0 Å². The molecule has 3 heterocycles. The lowest BCUT2D eigenvalue weighted by molar-refractivity contribution is 0.0658. The molecule has 20 heavy (non-hydrogen) atoms. The third-order valence-corrected chi connectivity index (χ3v) is 6.42. The SMILES string of the molecule is O=C(c1cc2c(s1)CCSC2)N1CCCC(CCO)C1. The van der Waals surface area contributed by atoms with E-state index in [1.165, 1.54) is 16.2 Å². The number of thiophene rings is 1. The van der Waals surface area contributed by atoms with Crippen molar-refractivity contribution in [2.45, 2.75) is 31.4 Å². The van der Waals surface area contributed by atoms with Crippen LogP contribution in [0.4, 0.5) is 0 Å². The Labute approximate surface area is 128 Å². The first-order valence-electron chi connectivity index (χ1n) is 7.37. The van der Waals surface area contributed by atoms with Gasteiger partial charge in [0.2, 0.25) is 0 Å². The molecule has 3 nitrogen and oxygen atoms in total. The molecule has 0 aromatic carbocycles. The number of likely N-dealkylation sites (tertiary alicyclic amines) is 1. The summed E-state index contributed by atoms with van der Waals surface area (Å²) in [7, 11) is 0. The number of rotatable bonds is 3. The summed E-state index contributed by atoms with van der Waals surface area (Å²) in [6.07, 6.45) is 4.14. The summed E-state index contributed by atoms with van der Waals surface area (Å²) < 4.78 is 0. The van der Waals surface area contributed by atoms with Gasteiger partial charge in [0.1, 0.15) is 0 Å². The van der Waals surface area contributed by atoms with Crippen LogP contribution >= 0.6 is 23.1 Å². The van der Waals surface area contributed by atoms with Crippen molar-refractivity contribution in [2.75, 3.05) is 25.4 Å². The zero-order chi connectivity index (χ0) is 13.9. The molecule has 110 valence electrons. The first-order chi connectivity index (χ1) is 9.78. The molecule has 0 radical (unpaired) electrons. The normalized spacial score (nSPS) is 22.6. The molecule has 3 rings (SSSR count). The number of fused-ring (bicyclic) bond motifs is 1. The Morgan fingerprint density at radius 1 is 1.50 bits per heavy atom.